The van der Waals surface area contributed by atoms with Gasteiger partial charge in [-0.25, -0.2) is 0 Å². The van der Waals surface area contributed by atoms with Gasteiger partial charge in [0.05, 0.1) is 6.10 Å². The van der Waals surface area contributed by atoms with Gasteiger partial charge in [0.25, 0.3) is 0 Å². The highest BCUT2D eigenvalue weighted by molar-refractivity contribution is 5.27. The van der Waals surface area contributed by atoms with E-state index < -0.39 is 0 Å². The Morgan fingerprint density at radius 3 is 2.45 bits per heavy atom. The molecule has 2 aliphatic carbocycles. The predicted molar refractivity (Wildman–Crippen MR) is 82.6 cm³/mol. The maximum absolute atomic E-state index is 6.57. The molecule has 1 aromatic carbocycles. The molecular formula is C18H27NO. The van der Waals surface area contributed by atoms with E-state index in [2.05, 4.69) is 30.3 Å². The van der Waals surface area contributed by atoms with Crippen molar-refractivity contribution in [3.63, 3.8) is 0 Å². The Bertz CT molecular complexity index is 413. The van der Waals surface area contributed by atoms with Crippen molar-refractivity contribution in [2.45, 2.75) is 56.6 Å². The summed E-state index contributed by atoms with van der Waals surface area (Å²) in [6, 6.07) is 11.0. The summed E-state index contributed by atoms with van der Waals surface area (Å²) in [7, 11) is 1.85. The predicted octanol–water partition coefficient (Wildman–Crippen LogP) is 3.71. The molecule has 0 saturated heterocycles. The van der Waals surface area contributed by atoms with Crippen LogP contribution in [0.2, 0.25) is 0 Å². The van der Waals surface area contributed by atoms with E-state index in [1.54, 1.807) is 0 Å². The molecule has 0 radical (unpaired) electrons. The average Bonchev–Trinajstić information content (AvgIpc) is 3.30. The molecule has 4 unspecified atom stereocenters. The fraction of sp³-hybridized carbons (Fsp3) is 0.667. The van der Waals surface area contributed by atoms with E-state index in [1.807, 2.05) is 7.11 Å². The summed E-state index contributed by atoms with van der Waals surface area (Å²) < 4.78 is 5.81. The number of hydrogen-bond acceptors (Lipinski definition) is 2. The molecule has 0 amide bonds. The molecule has 0 heterocycles. The number of methoxy groups -OCH3 is 1. The zero-order chi connectivity index (χ0) is 13.9. The SMILES string of the molecule is COC(C1CCCCC1)C(N)C1CC1c1ccccc1. The summed E-state index contributed by atoms with van der Waals surface area (Å²) >= 11 is 0. The van der Waals surface area contributed by atoms with Gasteiger partial charge in [0.15, 0.2) is 0 Å². The van der Waals surface area contributed by atoms with Crippen molar-refractivity contribution in [1.82, 2.24) is 0 Å². The van der Waals surface area contributed by atoms with E-state index >= 15 is 0 Å². The molecule has 2 heteroatoms. The van der Waals surface area contributed by atoms with Crippen LogP contribution < -0.4 is 5.73 Å². The molecule has 2 N–H and O–H groups in total. The topological polar surface area (TPSA) is 35.2 Å². The van der Waals surface area contributed by atoms with Gasteiger partial charge in [-0.3, -0.25) is 0 Å². The summed E-state index contributed by atoms with van der Waals surface area (Å²) in [5, 5.41) is 0. The van der Waals surface area contributed by atoms with E-state index in [0.29, 0.717) is 17.8 Å². The molecule has 4 atom stereocenters. The molecule has 3 rings (SSSR count). The third-order valence-corrected chi connectivity index (χ3v) is 5.33. The van der Waals surface area contributed by atoms with Crippen LogP contribution in [-0.2, 0) is 4.74 Å². The van der Waals surface area contributed by atoms with E-state index in [0.717, 1.165) is 0 Å². The third-order valence-electron chi connectivity index (χ3n) is 5.33. The van der Waals surface area contributed by atoms with Gasteiger partial charge in [0, 0.05) is 13.2 Å². The summed E-state index contributed by atoms with van der Waals surface area (Å²) in [6.45, 7) is 0. The van der Waals surface area contributed by atoms with E-state index in [9.17, 15) is 0 Å². The second-order valence-electron chi connectivity index (χ2n) is 6.59. The van der Waals surface area contributed by atoms with Crippen molar-refractivity contribution < 1.29 is 4.74 Å². The Labute approximate surface area is 122 Å². The molecule has 0 aliphatic heterocycles. The number of rotatable bonds is 5. The normalized spacial score (nSPS) is 29.9. The van der Waals surface area contributed by atoms with Crippen LogP contribution in [0.4, 0.5) is 0 Å². The lowest BCUT2D eigenvalue weighted by atomic mass is 9.81. The van der Waals surface area contributed by atoms with Gasteiger partial charge in [0.1, 0.15) is 0 Å². The highest BCUT2D eigenvalue weighted by Gasteiger charge is 2.46. The minimum atomic E-state index is 0.202. The van der Waals surface area contributed by atoms with Gasteiger partial charge in [0.2, 0.25) is 0 Å². The van der Waals surface area contributed by atoms with Gasteiger partial charge < -0.3 is 10.5 Å². The first-order chi connectivity index (χ1) is 9.81. The van der Waals surface area contributed by atoms with E-state index in [-0.39, 0.29) is 12.1 Å². The summed E-state index contributed by atoms with van der Waals surface area (Å²) in [5.41, 5.74) is 8.02. The number of benzene rings is 1. The van der Waals surface area contributed by atoms with Crippen molar-refractivity contribution in [2.24, 2.45) is 17.6 Å². The second kappa shape index (κ2) is 6.28. The maximum atomic E-state index is 6.57. The van der Waals surface area contributed by atoms with Gasteiger partial charge in [-0.1, -0.05) is 49.6 Å². The highest BCUT2D eigenvalue weighted by atomic mass is 16.5. The van der Waals surface area contributed by atoms with Crippen LogP contribution in [0, 0.1) is 11.8 Å². The highest BCUT2D eigenvalue weighted by Crippen LogP contribution is 2.50. The van der Waals surface area contributed by atoms with E-state index in [1.165, 1.54) is 44.1 Å². The Balaban J connectivity index is 1.62. The van der Waals surface area contributed by atoms with Gasteiger partial charge in [-0.2, -0.15) is 0 Å². The number of hydrogen-bond donors (Lipinski definition) is 1. The molecule has 2 aliphatic rings. The smallest absolute Gasteiger partial charge is 0.0753 e. The Morgan fingerprint density at radius 1 is 1.10 bits per heavy atom. The first-order valence-corrected chi connectivity index (χ1v) is 8.14. The number of nitrogens with two attached hydrogens (primary N) is 1. The largest absolute Gasteiger partial charge is 0.380 e. The molecule has 2 fully saturated rings. The van der Waals surface area contributed by atoms with E-state index in [4.69, 9.17) is 10.5 Å². The lowest BCUT2D eigenvalue weighted by Gasteiger charge is -2.33. The molecule has 1 aromatic rings. The van der Waals surface area contributed by atoms with Crippen molar-refractivity contribution in [3.05, 3.63) is 35.9 Å². The van der Waals surface area contributed by atoms with Crippen LogP contribution in [0.5, 0.6) is 0 Å². The van der Waals surface area contributed by atoms with Crippen LogP contribution in [0.15, 0.2) is 30.3 Å². The van der Waals surface area contributed by atoms with Crippen LogP contribution in [-0.4, -0.2) is 19.3 Å². The number of ether oxygens (including phenoxy) is 1. The van der Waals surface area contributed by atoms with Crippen molar-refractivity contribution >= 4 is 0 Å². The molecule has 20 heavy (non-hydrogen) atoms. The monoisotopic (exact) mass is 273 g/mol. The standard InChI is InChI=1S/C18H27NO/c1-20-18(14-10-6-3-7-11-14)17(19)16-12-15(16)13-8-4-2-5-9-13/h2,4-5,8-9,14-18H,3,6-7,10-12,19H2,1H3. The van der Waals surface area contributed by atoms with Crippen molar-refractivity contribution in [3.8, 4) is 0 Å². The minimum absolute atomic E-state index is 0.202. The average molecular weight is 273 g/mol. The summed E-state index contributed by atoms with van der Waals surface area (Å²) in [5.74, 6) is 1.96. The Kier molecular flexibility index (Phi) is 4.42. The fourth-order valence-corrected chi connectivity index (χ4v) is 4.09. The molecule has 2 nitrogen and oxygen atoms in total. The molecule has 0 spiro atoms. The van der Waals surface area contributed by atoms with Gasteiger partial charge >= 0.3 is 0 Å². The van der Waals surface area contributed by atoms with Crippen molar-refractivity contribution in [2.75, 3.05) is 7.11 Å². The first kappa shape index (κ1) is 14.1. The molecular weight excluding hydrogens is 246 g/mol. The zero-order valence-electron chi connectivity index (χ0n) is 12.5. The lowest BCUT2D eigenvalue weighted by Crippen LogP contribution is -2.44. The molecule has 0 bridgehead atoms. The Hall–Kier alpha value is -0.860. The van der Waals surface area contributed by atoms with Gasteiger partial charge in [-0.05, 0) is 42.6 Å². The maximum Gasteiger partial charge on any atom is 0.0753 e. The molecule has 2 saturated carbocycles. The Morgan fingerprint density at radius 2 is 1.80 bits per heavy atom. The van der Waals surface area contributed by atoms with Crippen LogP contribution >= 0.6 is 0 Å². The summed E-state index contributed by atoms with van der Waals surface area (Å²) in [4.78, 5) is 0. The first-order valence-electron chi connectivity index (χ1n) is 8.14. The summed E-state index contributed by atoms with van der Waals surface area (Å²) in [6.07, 6.45) is 8.18. The second-order valence-corrected chi connectivity index (χ2v) is 6.59. The molecule has 0 aromatic heterocycles. The molecule has 110 valence electrons. The lowest BCUT2D eigenvalue weighted by molar-refractivity contribution is 0.0123. The quantitative estimate of drug-likeness (QED) is 0.887. The van der Waals surface area contributed by atoms with Gasteiger partial charge in [-0.15, -0.1) is 0 Å². The van der Waals surface area contributed by atoms with Crippen LogP contribution in [0.25, 0.3) is 0 Å². The third kappa shape index (κ3) is 2.91. The van der Waals surface area contributed by atoms with Crippen molar-refractivity contribution in [1.29, 1.82) is 0 Å². The zero-order valence-corrected chi connectivity index (χ0v) is 12.5. The minimum Gasteiger partial charge on any atom is -0.380 e. The van der Waals surface area contributed by atoms with Crippen LogP contribution in [0.3, 0.4) is 0 Å². The fourth-order valence-electron chi connectivity index (χ4n) is 4.09. The van der Waals surface area contributed by atoms with Crippen LogP contribution in [0.1, 0.15) is 50.0 Å².